The first kappa shape index (κ1) is 19.1. The number of benzene rings is 1. The van der Waals surface area contributed by atoms with Gasteiger partial charge in [0.05, 0.1) is 17.1 Å². The van der Waals surface area contributed by atoms with Gasteiger partial charge in [-0.25, -0.2) is 4.68 Å². The highest BCUT2D eigenvalue weighted by molar-refractivity contribution is 6.03. The number of aromatic nitrogens is 6. The van der Waals surface area contributed by atoms with E-state index >= 15 is 0 Å². The number of hydrogen-bond donors (Lipinski definition) is 3. The van der Waals surface area contributed by atoms with Crippen LogP contribution in [0.25, 0.3) is 16.9 Å². The maximum atomic E-state index is 12.6. The third-order valence-corrected chi connectivity index (χ3v) is 4.82. The predicted octanol–water partition coefficient (Wildman–Crippen LogP) is 1.96. The van der Waals surface area contributed by atoms with Gasteiger partial charge in [0.15, 0.2) is 0 Å². The van der Waals surface area contributed by atoms with Crippen molar-refractivity contribution in [3.63, 3.8) is 0 Å². The van der Waals surface area contributed by atoms with Crippen molar-refractivity contribution in [2.24, 2.45) is 12.8 Å². The monoisotopic (exact) mass is 404 g/mol. The summed E-state index contributed by atoms with van der Waals surface area (Å²) in [6.45, 7) is 3.86. The normalized spacial score (nSPS) is 10.9. The molecule has 0 atom stereocenters. The summed E-state index contributed by atoms with van der Waals surface area (Å²) in [6, 6.07) is 10.3. The van der Waals surface area contributed by atoms with Crippen LogP contribution in [0.3, 0.4) is 0 Å². The summed E-state index contributed by atoms with van der Waals surface area (Å²) in [7, 11) is 1.87. The number of nitrogens with two attached hydrogens (primary N) is 1. The number of carbonyl (C=O) groups is 2. The topological polar surface area (TPSA) is 137 Å². The molecule has 152 valence electrons. The van der Waals surface area contributed by atoms with Crippen LogP contribution in [0.15, 0.2) is 42.6 Å². The van der Waals surface area contributed by atoms with Gasteiger partial charge in [-0.05, 0) is 50.2 Å². The lowest BCUT2D eigenvalue weighted by Crippen LogP contribution is -2.13. The van der Waals surface area contributed by atoms with Crippen molar-refractivity contribution in [1.29, 1.82) is 0 Å². The summed E-state index contributed by atoms with van der Waals surface area (Å²) in [5, 5.41) is 18.4. The van der Waals surface area contributed by atoms with Crippen LogP contribution in [0.1, 0.15) is 32.4 Å². The van der Waals surface area contributed by atoms with Gasteiger partial charge in [-0.3, -0.25) is 19.4 Å². The molecule has 0 aliphatic heterocycles. The van der Waals surface area contributed by atoms with Gasteiger partial charge in [0.25, 0.3) is 11.8 Å². The first-order valence-electron chi connectivity index (χ1n) is 9.16. The van der Waals surface area contributed by atoms with Crippen molar-refractivity contribution < 1.29 is 9.59 Å². The van der Waals surface area contributed by atoms with E-state index in [4.69, 9.17) is 5.73 Å². The van der Waals surface area contributed by atoms with Crippen LogP contribution in [0.2, 0.25) is 0 Å². The van der Waals surface area contributed by atoms with Crippen LogP contribution < -0.4 is 11.1 Å². The van der Waals surface area contributed by atoms with E-state index in [9.17, 15) is 9.59 Å². The summed E-state index contributed by atoms with van der Waals surface area (Å²) in [4.78, 5) is 23.8. The van der Waals surface area contributed by atoms with Crippen molar-refractivity contribution in [3.05, 3.63) is 65.4 Å². The molecule has 30 heavy (non-hydrogen) atoms. The quantitative estimate of drug-likeness (QED) is 0.467. The van der Waals surface area contributed by atoms with Crippen molar-refractivity contribution >= 4 is 17.5 Å². The number of rotatable bonds is 5. The van der Waals surface area contributed by atoms with E-state index in [2.05, 4.69) is 25.7 Å². The predicted molar refractivity (Wildman–Crippen MR) is 110 cm³/mol. The number of primary amides is 1. The van der Waals surface area contributed by atoms with E-state index in [1.54, 1.807) is 47.3 Å². The third kappa shape index (κ3) is 3.46. The molecule has 0 saturated carbocycles. The lowest BCUT2D eigenvalue weighted by molar-refractivity contribution is 0.0992. The van der Waals surface area contributed by atoms with Crippen molar-refractivity contribution in [2.75, 3.05) is 5.32 Å². The molecule has 0 aliphatic carbocycles. The molecule has 10 nitrogen and oxygen atoms in total. The lowest BCUT2D eigenvalue weighted by Gasteiger charge is -2.05. The van der Waals surface area contributed by atoms with Crippen molar-refractivity contribution in [3.8, 4) is 16.9 Å². The number of aromatic amines is 1. The Kier molecular flexibility index (Phi) is 4.66. The number of hydrogen-bond acceptors (Lipinski definition) is 5. The molecule has 3 heterocycles. The molecule has 0 unspecified atom stereocenters. The molecular formula is C20H20N8O2. The summed E-state index contributed by atoms with van der Waals surface area (Å²) in [5.74, 6) is -0.899. The van der Waals surface area contributed by atoms with Gasteiger partial charge < -0.3 is 11.1 Å². The Balaban J connectivity index is 1.49. The van der Waals surface area contributed by atoms with E-state index in [1.807, 2.05) is 20.9 Å². The number of carbonyl (C=O) groups excluding carboxylic acids is 2. The highest BCUT2D eigenvalue weighted by Gasteiger charge is 2.17. The van der Waals surface area contributed by atoms with Crippen LogP contribution >= 0.6 is 0 Å². The number of H-pyrrole nitrogens is 1. The van der Waals surface area contributed by atoms with Gasteiger partial charge in [-0.15, -0.1) is 0 Å². The van der Waals surface area contributed by atoms with E-state index in [-0.39, 0.29) is 11.6 Å². The minimum Gasteiger partial charge on any atom is -0.364 e. The second kappa shape index (κ2) is 7.32. The number of anilines is 1. The highest BCUT2D eigenvalue weighted by Crippen LogP contribution is 2.25. The van der Waals surface area contributed by atoms with Crippen LogP contribution in [0.4, 0.5) is 5.69 Å². The maximum Gasteiger partial charge on any atom is 0.273 e. The Morgan fingerprint density at radius 1 is 1.10 bits per heavy atom. The molecule has 4 N–H and O–H groups in total. The first-order valence-corrected chi connectivity index (χ1v) is 9.16. The molecule has 10 heteroatoms. The van der Waals surface area contributed by atoms with Crippen molar-refractivity contribution in [1.82, 2.24) is 29.8 Å². The molecule has 0 bridgehead atoms. The average Bonchev–Trinajstić information content (AvgIpc) is 3.43. The second-order valence-electron chi connectivity index (χ2n) is 6.85. The molecule has 2 amide bonds. The minimum absolute atomic E-state index is 0.182. The molecule has 4 aromatic rings. The zero-order valence-corrected chi connectivity index (χ0v) is 16.7. The number of nitrogens with zero attached hydrogens (tertiary/aromatic N) is 5. The van der Waals surface area contributed by atoms with Crippen LogP contribution in [0.5, 0.6) is 0 Å². The van der Waals surface area contributed by atoms with E-state index < -0.39 is 5.91 Å². The van der Waals surface area contributed by atoms with Gasteiger partial charge in [-0.1, -0.05) is 0 Å². The fourth-order valence-corrected chi connectivity index (χ4v) is 3.21. The molecule has 0 saturated heterocycles. The zero-order chi connectivity index (χ0) is 21.4. The average molecular weight is 404 g/mol. The van der Waals surface area contributed by atoms with Gasteiger partial charge in [0.1, 0.15) is 11.4 Å². The fraction of sp³-hybridized carbons (Fsp3) is 0.150. The fourth-order valence-electron chi connectivity index (χ4n) is 3.21. The second-order valence-corrected chi connectivity index (χ2v) is 6.85. The molecule has 4 rings (SSSR count). The SMILES string of the molecule is Cc1nn(C)c(C)c1-c1cc(C(=O)Nc2ccc(-n3ccc(C(N)=O)n3)cc2)[nH]n1. The Labute approximate surface area is 171 Å². The van der Waals surface area contributed by atoms with E-state index in [0.29, 0.717) is 17.1 Å². The summed E-state index contributed by atoms with van der Waals surface area (Å²) in [6.07, 6.45) is 1.64. The molecule has 0 radical (unpaired) electrons. The third-order valence-electron chi connectivity index (χ3n) is 4.82. The maximum absolute atomic E-state index is 12.6. The Morgan fingerprint density at radius 3 is 2.43 bits per heavy atom. The molecular weight excluding hydrogens is 384 g/mol. The zero-order valence-electron chi connectivity index (χ0n) is 16.7. The number of nitrogens with one attached hydrogen (secondary N) is 2. The number of amides is 2. The van der Waals surface area contributed by atoms with Gasteiger partial charge in [0, 0.05) is 30.2 Å². The summed E-state index contributed by atoms with van der Waals surface area (Å²) >= 11 is 0. The van der Waals surface area contributed by atoms with Crippen LogP contribution in [0, 0.1) is 13.8 Å². The van der Waals surface area contributed by atoms with E-state index in [0.717, 1.165) is 22.6 Å². The van der Waals surface area contributed by atoms with E-state index in [1.165, 1.54) is 4.68 Å². The lowest BCUT2D eigenvalue weighted by atomic mass is 10.1. The van der Waals surface area contributed by atoms with Gasteiger partial charge in [-0.2, -0.15) is 15.3 Å². The van der Waals surface area contributed by atoms with Crippen LogP contribution in [-0.4, -0.2) is 41.6 Å². The van der Waals surface area contributed by atoms with Gasteiger partial charge >= 0.3 is 0 Å². The summed E-state index contributed by atoms with van der Waals surface area (Å²) in [5.41, 5.74) is 10.5. The number of aryl methyl sites for hydroxylation is 2. The smallest absolute Gasteiger partial charge is 0.273 e. The Hall–Kier alpha value is -4.21. The molecule has 1 aromatic carbocycles. The largest absolute Gasteiger partial charge is 0.364 e. The molecule has 0 spiro atoms. The minimum atomic E-state index is -0.590. The Bertz CT molecular complexity index is 1250. The highest BCUT2D eigenvalue weighted by atomic mass is 16.2. The molecule has 3 aromatic heterocycles. The van der Waals surface area contributed by atoms with Gasteiger partial charge in [0.2, 0.25) is 0 Å². The Morgan fingerprint density at radius 2 is 1.83 bits per heavy atom. The van der Waals surface area contributed by atoms with Crippen LogP contribution in [-0.2, 0) is 7.05 Å². The first-order chi connectivity index (χ1) is 14.3. The summed E-state index contributed by atoms with van der Waals surface area (Å²) < 4.78 is 3.32. The molecule has 0 aliphatic rings. The molecule has 0 fully saturated rings. The standard InChI is InChI=1S/C20H20N8O2/c1-11-18(12(2)27(3)25-11)16-10-17(24-23-16)20(30)22-13-4-6-14(7-5-13)28-9-8-15(26-28)19(21)29/h4-10H,1-3H3,(H2,21,29)(H,22,30)(H,23,24). The van der Waals surface area contributed by atoms with Crippen molar-refractivity contribution in [2.45, 2.75) is 13.8 Å².